The summed E-state index contributed by atoms with van der Waals surface area (Å²) in [6.45, 7) is 2.96. The van der Waals surface area contributed by atoms with Gasteiger partial charge in [0.25, 0.3) is 0 Å². The third-order valence-electron chi connectivity index (χ3n) is 5.17. The van der Waals surface area contributed by atoms with Crippen molar-refractivity contribution in [3.63, 3.8) is 0 Å². The van der Waals surface area contributed by atoms with Crippen molar-refractivity contribution in [2.75, 3.05) is 30.8 Å². The van der Waals surface area contributed by atoms with E-state index in [4.69, 9.17) is 16.3 Å². The van der Waals surface area contributed by atoms with E-state index in [1.165, 1.54) is 6.20 Å². The maximum Gasteiger partial charge on any atom is 0.324 e. The molecule has 10 heteroatoms. The average molecular weight is 467 g/mol. The lowest BCUT2D eigenvalue weighted by Crippen LogP contribution is -2.20. The number of aryl methyl sites for hydroxylation is 1. The van der Waals surface area contributed by atoms with Crippen LogP contribution >= 0.6 is 11.6 Å². The minimum Gasteiger partial charge on any atom is -0.492 e. The molecule has 4 rings (SSSR count). The Bertz CT molecular complexity index is 1170. The van der Waals surface area contributed by atoms with Crippen LogP contribution in [0.25, 0.3) is 11.3 Å². The van der Waals surface area contributed by atoms with Gasteiger partial charge in [-0.3, -0.25) is 20.1 Å². The monoisotopic (exact) mass is 466 g/mol. The van der Waals surface area contributed by atoms with Crippen LogP contribution in [0.3, 0.4) is 0 Å². The Kier molecular flexibility index (Phi) is 6.69. The number of ether oxygens (including phenoxy) is 1. The van der Waals surface area contributed by atoms with Crippen LogP contribution in [-0.4, -0.2) is 52.0 Å². The summed E-state index contributed by atoms with van der Waals surface area (Å²) in [7, 11) is 1.79. The number of urea groups is 1. The molecule has 2 N–H and O–H groups in total. The smallest absolute Gasteiger partial charge is 0.324 e. The van der Waals surface area contributed by atoms with Gasteiger partial charge in [0.15, 0.2) is 5.82 Å². The molecule has 0 spiro atoms. The second-order valence-corrected chi connectivity index (χ2v) is 8.26. The molecule has 0 aliphatic carbocycles. The van der Waals surface area contributed by atoms with Gasteiger partial charge in [0.2, 0.25) is 5.91 Å². The number of nitrogens with one attached hydrogen (secondary N) is 2. The number of benzene rings is 1. The summed E-state index contributed by atoms with van der Waals surface area (Å²) < 4.78 is 5.83. The van der Waals surface area contributed by atoms with Crippen LogP contribution in [0.2, 0.25) is 5.02 Å². The van der Waals surface area contributed by atoms with Crippen molar-refractivity contribution in [3.05, 3.63) is 59.6 Å². The molecule has 1 aliphatic heterocycles. The number of hydrogen-bond acceptors (Lipinski definition) is 6. The zero-order valence-corrected chi connectivity index (χ0v) is 19.0. The zero-order chi connectivity index (χ0) is 23.4. The van der Waals surface area contributed by atoms with Crippen molar-refractivity contribution >= 4 is 35.0 Å². The van der Waals surface area contributed by atoms with Gasteiger partial charge in [0, 0.05) is 37.2 Å². The number of anilines is 2. The first-order chi connectivity index (χ1) is 15.9. The summed E-state index contributed by atoms with van der Waals surface area (Å²) in [5.41, 5.74) is 2.69. The molecule has 3 heterocycles. The fraction of sp³-hybridized carbons (Fsp3) is 0.261. The summed E-state index contributed by atoms with van der Waals surface area (Å²) in [6, 6.07) is 8.42. The lowest BCUT2D eigenvalue weighted by atomic mass is 10.1. The molecule has 0 bridgehead atoms. The van der Waals surface area contributed by atoms with Gasteiger partial charge < -0.3 is 15.0 Å². The maximum atomic E-state index is 12.3. The van der Waals surface area contributed by atoms with Crippen LogP contribution in [0.4, 0.5) is 16.3 Å². The molecule has 3 aromatic rings. The minimum atomic E-state index is -0.454. The molecule has 170 valence electrons. The normalized spacial score (nSPS) is 15.4. The van der Waals surface area contributed by atoms with Crippen LogP contribution in [0.1, 0.15) is 12.1 Å². The van der Waals surface area contributed by atoms with Crippen LogP contribution in [-0.2, 0) is 4.79 Å². The summed E-state index contributed by atoms with van der Waals surface area (Å²) in [6.07, 6.45) is 5.09. The Labute approximate surface area is 196 Å². The van der Waals surface area contributed by atoms with Gasteiger partial charge in [0.05, 0.1) is 41.6 Å². The lowest BCUT2D eigenvalue weighted by Gasteiger charge is -2.13. The number of rotatable bonds is 6. The van der Waals surface area contributed by atoms with Crippen molar-refractivity contribution in [1.82, 2.24) is 19.9 Å². The van der Waals surface area contributed by atoms with Crippen LogP contribution in [0.5, 0.6) is 5.75 Å². The van der Waals surface area contributed by atoms with Gasteiger partial charge in [-0.15, -0.1) is 0 Å². The molecule has 0 unspecified atom stereocenters. The first-order valence-electron chi connectivity index (χ1n) is 10.4. The van der Waals surface area contributed by atoms with Gasteiger partial charge in [-0.2, -0.15) is 0 Å². The minimum absolute atomic E-state index is 0.126. The predicted molar refractivity (Wildman–Crippen MR) is 125 cm³/mol. The molecule has 2 aromatic heterocycles. The van der Waals surface area contributed by atoms with Gasteiger partial charge in [-0.25, -0.2) is 9.78 Å². The molecule has 1 aromatic carbocycles. The highest BCUT2D eigenvalue weighted by molar-refractivity contribution is 6.32. The first kappa shape index (κ1) is 22.5. The highest BCUT2D eigenvalue weighted by Crippen LogP contribution is 2.31. The number of carbonyl (C=O) groups is 2. The number of nitrogens with zero attached hydrogens (tertiary/aromatic N) is 4. The number of halogens is 1. The van der Waals surface area contributed by atoms with E-state index in [-0.39, 0.29) is 17.6 Å². The van der Waals surface area contributed by atoms with E-state index in [9.17, 15) is 9.59 Å². The first-order valence-corrected chi connectivity index (χ1v) is 10.7. The van der Waals surface area contributed by atoms with Gasteiger partial charge in [0.1, 0.15) is 5.75 Å². The van der Waals surface area contributed by atoms with Gasteiger partial charge in [-0.1, -0.05) is 11.6 Å². The highest BCUT2D eigenvalue weighted by Gasteiger charge is 2.27. The molecule has 0 radical (unpaired) electrons. The second-order valence-electron chi connectivity index (χ2n) is 7.86. The Morgan fingerprint density at radius 2 is 2.06 bits per heavy atom. The molecule has 9 nitrogen and oxygen atoms in total. The van der Waals surface area contributed by atoms with Crippen molar-refractivity contribution < 1.29 is 14.3 Å². The molecule has 0 saturated carbocycles. The molecule has 1 saturated heterocycles. The number of carbonyl (C=O) groups excluding carboxylic acids is 2. The number of likely N-dealkylation sites (tertiary alicyclic amines) is 1. The van der Waals surface area contributed by atoms with Crippen molar-refractivity contribution in [2.45, 2.75) is 13.3 Å². The third kappa shape index (κ3) is 5.75. The number of aromatic nitrogens is 3. The Balaban J connectivity index is 1.39. The Morgan fingerprint density at radius 1 is 1.21 bits per heavy atom. The molecule has 1 fully saturated rings. The van der Waals surface area contributed by atoms with E-state index >= 15 is 0 Å². The lowest BCUT2D eigenvalue weighted by molar-refractivity contribution is -0.126. The summed E-state index contributed by atoms with van der Waals surface area (Å²) in [4.78, 5) is 38.4. The molecule has 1 aliphatic rings. The van der Waals surface area contributed by atoms with Crippen LogP contribution in [0.15, 0.2) is 48.9 Å². The topological polar surface area (TPSA) is 109 Å². The highest BCUT2D eigenvalue weighted by atomic mass is 35.5. The fourth-order valence-electron chi connectivity index (χ4n) is 3.44. The third-order valence-corrected chi connectivity index (χ3v) is 5.46. The van der Waals surface area contributed by atoms with Gasteiger partial charge in [-0.05, 0) is 37.3 Å². The Hall–Kier alpha value is -3.72. The largest absolute Gasteiger partial charge is 0.492 e. The fourth-order valence-corrected chi connectivity index (χ4v) is 3.67. The number of amides is 3. The number of hydrogen-bond donors (Lipinski definition) is 2. The van der Waals surface area contributed by atoms with E-state index in [0.717, 1.165) is 11.3 Å². The molecule has 1 atom stereocenters. The summed E-state index contributed by atoms with van der Waals surface area (Å²) >= 11 is 6.41. The van der Waals surface area contributed by atoms with Crippen molar-refractivity contribution in [3.8, 4) is 17.0 Å². The zero-order valence-electron chi connectivity index (χ0n) is 18.2. The standard InChI is InChI=1S/C23H23ClN6O3/c1-14-3-5-17(9-26-14)27-23(32)29-21-11-25-10-19(28-21)16-4-6-20(18(24)8-16)33-13-15-7-22(31)30(2)12-15/h3-6,8-11,15H,7,12-13H2,1-2H3,(H2,27,28,29,32)/t15-/m0/s1. The Morgan fingerprint density at radius 3 is 2.76 bits per heavy atom. The SMILES string of the molecule is Cc1ccc(NC(=O)Nc2cncc(-c3ccc(OC[C@H]4CC(=O)N(C)C4)c(Cl)c3)n2)cn1. The molecular weight excluding hydrogens is 444 g/mol. The average Bonchev–Trinajstić information content (AvgIpc) is 3.11. The number of pyridine rings is 1. The van der Waals surface area contributed by atoms with E-state index in [2.05, 4.69) is 25.6 Å². The van der Waals surface area contributed by atoms with Crippen LogP contribution < -0.4 is 15.4 Å². The van der Waals surface area contributed by atoms with E-state index < -0.39 is 6.03 Å². The second kappa shape index (κ2) is 9.83. The van der Waals surface area contributed by atoms with Gasteiger partial charge >= 0.3 is 6.03 Å². The summed E-state index contributed by atoms with van der Waals surface area (Å²) in [5, 5.41) is 5.78. The molecule has 33 heavy (non-hydrogen) atoms. The van der Waals surface area contributed by atoms with E-state index in [0.29, 0.717) is 41.7 Å². The quantitative estimate of drug-likeness (QED) is 0.568. The summed E-state index contributed by atoms with van der Waals surface area (Å²) in [5.74, 6) is 1.10. The van der Waals surface area contributed by atoms with E-state index in [1.54, 1.807) is 48.6 Å². The molecule has 3 amide bonds. The van der Waals surface area contributed by atoms with Crippen molar-refractivity contribution in [1.29, 1.82) is 0 Å². The molecular formula is C23H23ClN6O3. The van der Waals surface area contributed by atoms with Crippen LogP contribution in [0, 0.1) is 12.8 Å². The van der Waals surface area contributed by atoms with Crippen molar-refractivity contribution in [2.24, 2.45) is 5.92 Å². The predicted octanol–water partition coefficient (Wildman–Crippen LogP) is 4.00. The van der Waals surface area contributed by atoms with E-state index in [1.807, 2.05) is 13.0 Å². The maximum absolute atomic E-state index is 12.3.